The summed E-state index contributed by atoms with van der Waals surface area (Å²) in [5.74, 6) is 0. The lowest BCUT2D eigenvalue weighted by atomic mass is 9.78. The standard InChI is InChI=1S/C16H32N4/c1-14(2)20-12-16(13-20)4-7-18(11-16)10-15(3)19-8-5-17-6-9-19/h14-15,17H,4-13H2,1-3H3/t15-/m1/s1. The predicted molar refractivity (Wildman–Crippen MR) is 84.1 cm³/mol. The summed E-state index contributed by atoms with van der Waals surface area (Å²) in [6.45, 7) is 18.4. The van der Waals surface area contributed by atoms with Crippen molar-refractivity contribution in [1.82, 2.24) is 20.0 Å². The summed E-state index contributed by atoms with van der Waals surface area (Å²) in [6.07, 6.45) is 1.42. The number of likely N-dealkylation sites (tertiary alicyclic amines) is 2. The van der Waals surface area contributed by atoms with Crippen LogP contribution in [0.25, 0.3) is 0 Å². The van der Waals surface area contributed by atoms with Crippen LogP contribution in [0.2, 0.25) is 0 Å². The molecule has 0 amide bonds. The van der Waals surface area contributed by atoms with E-state index in [1.165, 1.54) is 52.2 Å². The highest BCUT2D eigenvalue weighted by Gasteiger charge is 2.48. The molecule has 20 heavy (non-hydrogen) atoms. The van der Waals surface area contributed by atoms with Crippen LogP contribution in [-0.2, 0) is 0 Å². The van der Waals surface area contributed by atoms with Crippen LogP contribution in [0.4, 0.5) is 0 Å². The first-order valence-corrected chi connectivity index (χ1v) is 8.49. The second-order valence-electron chi connectivity index (χ2n) is 7.62. The van der Waals surface area contributed by atoms with E-state index in [1.807, 2.05) is 0 Å². The van der Waals surface area contributed by atoms with Crippen LogP contribution >= 0.6 is 0 Å². The molecule has 1 atom stereocenters. The third kappa shape index (κ3) is 3.03. The van der Waals surface area contributed by atoms with Crippen LogP contribution in [0.1, 0.15) is 27.2 Å². The van der Waals surface area contributed by atoms with E-state index in [-0.39, 0.29) is 0 Å². The summed E-state index contributed by atoms with van der Waals surface area (Å²) in [6, 6.07) is 1.45. The van der Waals surface area contributed by atoms with Crippen LogP contribution < -0.4 is 5.32 Å². The first-order chi connectivity index (χ1) is 9.58. The molecule has 0 aliphatic carbocycles. The van der Waals surface area contributed by atoms with E-state index in [0.717, 1.165) is 19.1 Å². The molecule has 3 aliphatic heterocycles. The van der Waals surface area contributed by atoms with Gasteiger partial charge in [-0.3, -0.25) is 9.80 Å². The average molecular weight is 280 g/mol. The van der Waals surface area contributed by atoms with Gasteiger partial charge in [0.15, 0.2) is 0 Å². The summed E-state index contributed by atoms with van der Waals surface area (Å²) in [4.78, 5) is 8.01. The summed E-state index contributed by atoms with van der Waals surface area (Å²) in [7, 11) is 0. The molecule has 3 fully saturated rings. The lowest BCUT2D eigenvalue weighted by molar-refractivity contribution is -0.0154. The highest BCUT2D eigenvalue weighted by atomic mass is 15.3. The van der Waals surface area contributed by atoms with E-state index in [9.17, 15) is 0 Å². The van der Waals surface area contributed by atoms with Gasteiger partial charge in [0.25, 0.3) is 0 Å². The maximum Gasteiger partial charge on any atom is 0.0195 e. The first-order valence-electron chi connectivity index (χ1n) is 8.49. The van der Waals surface area contributed by atoms with E-state index in [4.69, 9.17) is 0 Å². The van der Waals surface area contributed by atoms with E-state index in [1.54, 1.807) is 0 Å². The topological polar surface area (TPSA) is 21.8 Å². The van der Waals surface area contributed by atoms with Crippen molar-refractivity contribution in [3.05, 3.63) is 0 Å². The molecule has 3 aliphatic rings. The SMILES string of the molecule is CC(C)N1CC2(CCN(C[C@@H](C)N3CCNCC3)C2)C1. The summed E-state index contributed by atoms with van der Waals surface area (Å²) in [5, 5.41) is 3.45. The summed E-state index contributed by atoms with van der Waals surface area (Å²) in [5.41, 5.74) is 0.646. The second kappa shape index (κ2) is 5.91. The van der Waals surface area contributed by atoms with E-state index < -0.39 is 0 Å². The van der Waals surface area contributed by atoms with Crippen molar-refractivity contribution in [3.8, 4) is 0 Å². The number of nitrogens with one attached hydrogen (secondary N) is 1. The fourth-order valence-electron chi connectivity index (χ4n) is 4.23. The van der Waals surface area contributed by atoms with Crippen LogP contribution in [0.5, 0.6) is 0 Å². The van der Waals surface area contributed by atoms with Gasteiger partial charge in [-0.1, -0.05) is 0 Å². The molecule has 4 heteroatoms. The maximum absolute atomic E-state index is 3.45. The fourth-order valence-corrected chi connectivity index (χ4v) is 4.23. The molecule has 0 aromatic heterocycles. The smallest absolute Gasteiger partial charge is 0.0195 e. The van der Waals surface area contributed by atoms with Gasteiger partial charge in [-0.2, -0.15) is 0 Å². The molecular weight excluding hydrogens is 248 g/mol. The van der Waals surface area contributed by atoms with Gasteiger partial charge in [-0.05, 0) is 33.7 Å². The summed E-state index contributed by atoms with van der Waals surface area (Å²) >= 11 is 0. The Morgan fingerprint density at radius 2 is 1.65 bits per heavy atom. The minimum atomic E-state index is 0.646. The number of piperazine rings is 1. The molecule has 3 rings (SSSR count). The van der Waals surface area contributed by atoms with Gasteiger partial charge in [0, 0.05) is 69.9 Å². The Labute approximate surface area is 124 Å². The molecule has 0 unspecified atom stereocenters. The minimum absolute atomic E-state index is 0.646. The molecule has 3 heterocycles. The quantitative estimate of drug-likeness (QED) is 0.818. The molecule has 4 nitrogen and oxygen atoms in total. The Bertz CT molecular complexity index is 318. The molecule has 3 saturated heterocycles. The van der Waals surface area contributed by atoms with Gasteiger partial charge in [0.2, 0.25) is 0 Å². The molecule has 1 spiro atoms. The fraction of sp³-hybridized carbons (Fsp3) is 1.00. The first kappa shape index (κ1) is 14.8. The average Bonchev–Trinajstić information content (AvgIpc) is 2.82. The van der Waals surface area contributed by atoms with Crippen molar-refractivity contribution in [2.75, 3.05) is 58.9 Å². The van der Waals surface area contributed by atoms with Crippen molar-refractivity contribution in [2.24, 2.45) is 5.41 Å². The Kier molecular flexibility index (Phi) is 4.37. The molecule has 116 valence electrons. The predicted octanol–water partition coefficient (Wildman–Crippen LogP) is 0.696. The lowest BCUT2D eigenvalue weighted by Gasteiger charge is -2.50. The van der Waals surface area contributed by atoms with Crippen LogP contribution in [-0.4, -0.2) is 85.7 Å². The van der Waals surface area contributed by atoms with Gasteiger partial charge in [-0.15, -0.1) is 0 Å². The van der Waals surface area contributed by atoms with Crippen LogP contribution in [0.3, 0.4) is 0 Å². The zero-order valence-electron chi connectivity index (χ0n) is 13.6. The van der Waals surface area contributed by atoms with Crippen molar-refractivity contribution >= 4 is 0 Å². The highest BCUT2D eigenvalue weighted by Crippen LogP contribution is 2.40. The van der Waals surface area contributed by atoms with Crippen molar-refractivity contribution in [1.29, 1.82) is 0 Å². The maximum atomic E-state index is 3.45. The Morgan fingerprint density at radius 1 is 0.950 bits per heavy atom. The normalized spacial score (nSPS) is 30.0. The molecule has 0 radical (unpaired) electrons. The van der Waals surface area contributed by atoms with Gasteiger partial charge >= 0.3 is 0 Å². The number of nitrogens with zero attached hydrogens (tertiary/aromatic N) is 3. The molecule has 0 aromatic rings. The largest absolute Gasteiger partial charge is 0.314 e. The molecule has 1 N–H and O–H groups in total. The molecular formula is C16H32N4. The van der Waals surface area contributed by atoms with Crippen molar-refractivity contribution in [2.45, 2.75) is 39.3 Å². The number of rotatable bonds is 4. The Morgan fingerprint density at radius 3 is 2.30 bits per heavy atom. The zero-order valence-corrected chi connectivity index (χ0v) is 13.6. The molecule has 0 aromatic carbocycles. The Hall–Kier alpha value is -0.160. The van der Waals surface area contributed by atoms with E-state index in [2.05, 4.69) is 40.8 Å². The number of hydrogen-bond acceptors (Lipinski definition) is 4. The third-order valence-electron chi connectivity index (χ3n) is 5.62. The Balaban J connectivity index is 1.44. The monoisotopic (exact) mass is 280 g/mol. The van der Waals surface area contributed by atoms with Crippen molar-refractivity contribution in [3.63, 3.8) is 0 Å². The van der Waals surface area contributed by atoms with Gasteiger partial charge in [-0.25, -0.2) is 0 Å². The molecule has 0 bridgehead atoms. The second-order valence-corrected chi connectivity index (χ2v) is 7.62. The summed E-state index contributed by atoms with van der Waals surface area (Å²) < 4.78 is 0. The van der Waals surface area contributed by atoms with E-state index >= 15 is 0 Å². The van der Waals surface area contributed by atoms with Crippen LogP contribution in [0, 0.1) is 5.41 Å². The number of hydrogen-bond donors (Lipinski definition) is 1. The zero-order chi connectivity index (χ0) is 14.2. The lowest BCUT2D eigenvalue weighted by Crippen LogP contribution is -2.60. The van der Waals surface area contributed by atoms with Gasteiger partial charge in [0.05, 0.1) is 0 Å². The molecule has 0 saturated carbocycles. The van der Waals surface area contributed by atoms with Crippen molar-refractivity contribution < 1.29 is 0 Å². The van der Waals surface area contributed by atoms with E-state index in [0.29, 0.717) is 11.5 Å². The highest BCUT2D eigenvalue weighted by molar-refractivity contribution is 5.02. The van der Waals surface area contributed by atoms with Gasteiger partial charge < -0.3 is 10.2 Å². The minimum Gasteiger partial charge on any atom is -0.314 e. The van der Waals surface area contributed by atoms with Crippen LogP contribution in [0.15, 0.2) is 0 Å². The van der Waals surface area contributed by atoms with Gasteiger partial charge in [0.1, 0.15) is 0 Å². The third-order valence-corrected chi connectivity index (χ3v) is 5.62.